The van der Waals surface area contributed by atoms with Gasteiger partial charge in [-0.15, -0.1) is 0 Å². The zero-order valence-corrected chi connectivity index (χ0v) is 18.5. The van der Waals surface area contributed by atoms with E-state index < -0.39 is 18.5 Å². The summed E-state index contributed by atoms with van der Waals surface area (Å²) in [5.41, 5.74) is 0.943. The Balaban J connectivity index is 1.36. The number of fused-ring (bicyclic) bond motifs is 1. The third-order valence-electron chi connectivity index (χ3n) is 5.64. The van der Waals surface area contributed by atoms with E-state index in [0.29, 0.717) is 35.0 Å². The van der Waals surface area contributed by atoms with Gasteiger partial charge in [0, 0.05) is 5.02 Å². The summed E-state index contributed by atoms with van der Waals surface area (Å²) in [5.74, 6) is -1.98. The average Bonchev–Trinajstić information content (AvgIpc) is 3.08. The molecule has 1 aliphatic heterocycles. The second-order valence-corrected chi connectivity index (χ2v) is 8.12. The molecule has 2 atom stereocenters. The van der Waals surface area contributed by atoms with Gasteiger partial charge in [-0.3, -0.25) is 19.3 Å². The number of carbonyl (C=O) groups excluding carboxylic acids is 4. The van der Waals surface area contributed by atoms with E-state index in [0.717, 1.165) is 0 Å². The monoisotopic (exact) mass is 468 g/mol. The first kappa shape index (κ1) is 22.5. The van der Waals surface area contributed by atoms with Gasteiger partial charge in [0.2, 0.25) is 11.8 Å². The highest BCUT2D eigenvalue weighted by Gasteiger charge is 2.47. The van der Waals surface area contributed by atoms with Crippen molar-refractivity contribution in [3.8, 4) is 5.75 Å². The molecule has 1 fully saturated rings. The van der Waals surface area contributed by atoms with Gasteiger partial charge in [0.1, 0.15) is 5.75 Å². The molecule has 0 aromatic heterocycles. The van der Waals surface area contributed by atoms with E-state index in [4.69, 9.17) is 21.1 Å². The summed E-state index contributed by atoms with van der Waals surface area (Å²) >= 11 is 5.94. The van der Waals surface area contributed by atoms with Crippen LogP contribution in [-0.2, 0) is 19.1 Å². The van der Waals surface area contributed by atoms with E-state index >= 15 is 0 Å². The van der Waals surface area contributed by atoms with Gasteiger partial charge < -0.3 is 14.8 Å². The Hall–Kier alpha value is -3.65. The minimum absolute atomic E-state index is 0.185. The van der Waals surface area contributed by atoms with E-state index in [2.05, 4.69) is 5.32 Å². The molecule has 0 radical (unpaired) electrons. The number of allylic oxidation sites excluding steroid dienone is 2. The molecule has 2 aromatic rings. The number of anilines is 2. The van der Waals surface area contributed by atoms with Crippen molar-refractivity contribution >= 4 is 46.7 Å². The van der Waals surface area contributed by atoms with Crippen molar-refractivity contribution in [3.05, 3.63) is 65.2 Å². The van der Waals surface area contributed by atoms with E-state index in [9.17, 15) is 19.2 Å². The first-order valence-corrected chi connectivity index (χ1v) is 10.7. The fraction of sp³-hybridized carbons (Fsp3) is 0.250. The largest absolute Gasteiger partial charge is 0.495 e. The van der Waals surface area contributed by atoms with Gasteiger partial charge in [-0.1, -0.05) is 23.8 Å². The third-order valence-corrected chi connectivity index (χ3v) is 5.87. The van der Waals surface area contributed by atoms with Crippen LogP contribution in [0.2, 0.25) is 5.02 Å². The maximum atomic E-state index is 12.7. The van der Waals surface area contributed by atoms with Crippen molar-refractivity contribution in [2.24, 2.45) is 11.8 Å². The average molecular weight is 469 g/mol. The molecule has 1 aliphatic carbocycles. The summed E-state index contributed by atoms with van der Waals surface area (Å²) in [6.45, 7) is -0.518. The lowest BCUT2D eigenvalue weighted by atomic mass is 9.85. The highest BCUT2D eigenvalue weighted by molar-refractivity contribution is 6.31. The van der Waals surface area contributed by atoms with Crippen molar-refractivity contribution in [2.45, 2.75) is 12.8 Å². The van der Waals surface area contributed by atoms with Gasteiger partial charge in [-0.2, -0.15) is 0 Å². The summed E-state index contributed by atoms with van der Waals surface area (Å²) in [4.78, 5) is 51.1. The zero-order valence-electron chi connectivity index (χ0n) is 17.7. The second kappa shape index (κ2) is 9.46. The lowest BCUT2D eigenvalue weighted by Crippen LogP contribution is -2.30. The maximum Gasteiger partial charge on any atom is 0.338 e. The van der Waals surface area contributed by atoms with Crippen LogP contribution >= 0.6 is 11.6 Å². The molecule has 0 saturated carbocycles. The topological polar surface area (TPSA) is 102 Å². The number of hydrogen-bond donors (Lipinski definition) is 1. The molecule has 2 aliphatic rings. The van der Waals surface area contributed by atoms with Crippen LogP contribution in [0.4, 0.5) is 11.4 Å². The van der Waals surface area contributed by atoms with Crippen molar-refractivity contribution in [1.29, 1.82) is 0 Å². The molecule has 33 heavy (non-hydrogen) atoms. The standard InChI is InChI=1S/C24H21ClN2O6/c1-32-20-11-8-15(25)12-19(20)26-21(28)13-33-24(31)14-6-9-16(10-7-14)27-22(29)17-4-2-3-5-18(17)23(27)30/h2-3,6-12,17-18H,4-5,13H2,1H3,(H,26,28)/t17-,18+. The number of halogens is 1. The van der Waals surface area contributed by atoms with Crippen LogP contribution in [0.1, 0.15) is 23.2 Å². The Morgan fingerprint density at radius 1 is 1.03 bits per heavy atom. The number of methoxy groups -OCH3 is 1. The molecule has 0 bridgehead atoms. The van der Waals surface area contributed by atoms with Crippen LogP contribution in [-0.4, -0.2) is 37.4 Å². The van der Waals surface area contributed by atoms with Gasteiger partial charge in [0.25, 0.3) is 5.91 Å². The molecule has 4 rings (SSSR count). The number of benzene rings is 2. The molecule has 170 valence electrons. The summed E-state index contributed by atoms with van der Waals surface area (Å²) in [6, 6.07) is 10.7. The zero-order chi connectivity index (χ0) is 23.5. The third kappa shape index (κ3) is 4.61. The van der Waals surface area contributed by atoms with Crippen molar-refractivity contribution < 1.29 is 28.7 Å². The Kier molecular flexibility index (Phi) is 6.46. The highest BCUT2D eigenvalue weighted by Crippen LogP contribution is 2.37. The Morgan fingerprint density at radius 2 is 1.67 bits per heavy atom. The number of rotatable bonds is 6. The molecule has 3 amide bonds. The van der Waals surface area contributed by atoms with Crippen molar-refractivity contribution in [3.63, 3.8) is 0 Å². The molecule has 1 saturated heterocycles. The number of imide groups is 1. The number of esters is 1. The fourth-order valence-electron chi connectivity index (χ4n) is 3.98. The molecule has 0 unspecified atom stereocenters. The molecule has 8 nitrogen and oxygen atoms in total. The number of carbonyl (C=O) groups is 4. The predicted octanol–water partition coefficient (Wildman–Crippen LogP) is 3.60. The number of amides is 3. The maximum absolute atomic E-state index is 12.7. The minimum Gasteiger partial charge on any atom is -0.495 e. The van der Waals surface area contributed by atoms with Crippen LogP contribution in [0.25, 0.3) is 0 Å². The van der Waals surface area contributed by atoms with Crippen LogP contribution in [0, 0.1) is 11.8 Å². The Bertz CT molecular complexity index is 1120. The normalized spacial score (nSPS) is 19.3. The first-order valence-electron chi connectivity index (χ1n) is 10.3. The first-order chi connectivity index (χ1) is 15.9. The summed E-state index contributed by atoms with van der Waals surface area (Å²) in [6.07, 6.45) is 4.96. The number of hydrogen-bond acceptors (Lipinski definition) is 6. The molecule has 9 heteroatoms. The number of ether oxygens (including phenoxy) is 2. The number of nitrogens with one attached hydrogen (secondary N) is 1. The van der Waals surface area contributed by atoms with E-state index in [1.807, 2.05) is 12.2 Å². The van der Waals surface area contributed by atoms with Gasteiger partial charge in [0.05, 0.1) is 35.9 Å². The van der Waals surface area contributed by atoms with Gasteiger partial charge in [-0.05, 0) is 55.3 Å². The fourth-order valence-corrected chi connectivity index (χ4v) is 4.15. The lowest BCUT2D eigenvalue weighted by molar-refractivity contribution is -0.122. The van der Waals surface area contributed by atoms with Crippen LogP contribution in [0.3, 0.4) is 0 Å². The van der Waals surface area contributed by atoms with Crippen LogP contribution in [0.5, 0.6) is 5.75 Å². The SMILES string of the molecule is COc1ccc(Cl)cc1NC(=O)COC(=O)c1ccc(N2C(=O)[C@H]3CC=CC[C@H]3C2=O)cc1. The van der Waals surface area contributed by atoms with Gasteiger partial charge >= 0.3 is 5.97 Å². The molecular formula is C24H21ClN2O6. The van der Waals surface area contributed by atoms with Gasteiger partial charge in [-0.25, -0.2) is 4.79 Å². The lowest BCUT2D eigenvalue weighted by Gasteiger charge is -2.15. The van der Waals surface area contributed by atoms with Crippen LogP contribution < -0.4 is 15.0 Å². The quantitative estimate of drug-likeness (QED) is 0.395. The molecule has 1 heterocycles. The van der Waals surface area contributed by atoms with Crippen molar-refractivity contribution in [1.82, 2.24) is 0 Å². The molecule has 0 spiro atoms. The second-order valence-electron chi connectivity index (χ2n) is 7.68. The number of nitrogens with zero attached hydrogens (tertiary/aromatic N) is 1. The summed E-state index contributed by atoms with van der Waals surface area (Å²) in [7, 11) is 1.46. The predicted molar refractivity (Wildman–Crippen MR) is 121 cm³/mol. The summed E-state index contributed by atoms with van der Waals surface area (Å²) < 4.78 is 10.2. The Labute approximate surface area is 195 Å². The van der Waals surface area contributed by atoms with E-state index in [1.165, 1.54) is 42.3 Å². The molecule has 2 aromatic carbocycles. The van der Waals surface area contributed by atoms with Gasteiger partial charge in [0.15, 0.2) is 6.61 Å². The van der Waals surface area contributed by atoms with E-state index in [1.54, 1.807) is 12.1 Å². The smallest absolute Gasteiger partial charge is 0.338 e. The molecule has 1 N–H and O–H groups in total. The highest BCUT2D eigenvalue weighted by atomic mass is 35.5. The van der Waals surface area contributed by atoms with Crippen molar-refractivity contribution in [2.75, 3.05) is 23.9 Å². The van der Waals surface area contributed by atoms with E-state index in [-0.39, 0.29) is 29.2 Å². The summed E-state index contributed by atoms with van der Waals surface area (Å²) in [5, 5.41) is 2.99. The molecular weight excluding hydrogens is 448 g/mol. The Morgan fingerprint density at radius 3 is 2.27 bits per heavy atom. The minimum atomic E-state index is -0.716. The van der Waals surface area contributed by atoms with Crippen LogP contribution in [0.15, 0.2) is 54.6 Å².